The molecule has 46 heteroatoms. The standard InChI is InChI=1S/C58H99N5O41/c1-15(71)59-20(6-64)47(33(77)21(76)13-91-52-30(61-17(3)73)39(83)48(25(10-68)96-52)101-54-29(60-16(2)72)38(82)34(78)22(7-65)93-54)100-58-46(90)51(104-55-32(63-19(5)75)41(85)50(27(12-70)98-55)103-57-45(89)43(87)36(80)24(9-67)95-57)37(81)28(99-58)14-92-53-31(62-18(4)74)40(84)49(26(11-69)97-53)102-56-44(88)42(86)35(79)23(8-66)94-56/h20-58,64-70,76-90H,6-14H2,1-5H3,(H,59,71)(H,60,72)(H,61,73)(H,62,74)(H,63,75)/t20-,21+,22+,23+,24+,25+,26+,27+,28+,29+,30+,31+,32+,33-,34-,35-,36-,37-,38+,39+,40+,41+,42-,43-,44+,45+,46+,47+,48+,49+,50+,51-,52+,53+,54-,55-,56-,57-,58-/m0/s1. The number of carbonyl (C=O) groups is 5. The number of ether oxygens (including phenoxy) is 14. The van der Waals surface area contributed by atoms with Gasteiger partial charge in [0.2, 0.25) is 29.5 Å². The second-order valence-electron chi connectivity index (χ2n) is 25.9. The fraction of sp³-hybridized carbons (Fsp3) is 0.914. The van der Waals surface area contributed by atoms with Gasteiger partial charge in [0.1, 0.15) is 189 Å². The summed E-state index contributed by atoms with van der Waals surface area (Å²) in [5.41, 5.74) is 0. The Morgan fingerprint density at radius 1 is 0.337 bits per heavy atom. The molecule has 7 aliphatic rings. The van der Waals surface area contributed by atoms with E-state index in [1.165, 1.54) is 0 Å². The predicted molar refractivity (Wildman–Crippen MR) is 325 cm³/mol. The smallest absolute Gasteiger partial charge is 0.217 e. The molecular formula is C58H99N5O41. The van der Waals surface area contributed by atoms with Crippen molar-refractivity contribution in [2.75, 3.05) is 59.5 Å². The molecule has 39 atom stereocenters. The van der Waals surface area contributed by atoms with E-state index in [9.17, 15) is 136 Å². The molecule has 7 heterocycles. The highest BCUT2D eigenvalue weighted by molar-refractivity contribution is 5.75. The van der Waals surface area contributed by atoms with E-state index in [0.29, 0.717) is 0 Å². The van der Waals surface area contributed by atoms with Gasteiger partial charge in [0.05, 0.1) is 65.5 Å². The highest BCUT2D eigenvalue weighted by Crippen LogP contribution is 2.37. The molecule has 7 fully saturated rings. The number of carbonyl (C=O) groups excluding carboxylic acids is 5. The molecule has 5 amide bonds. The first-order chi connectivity index (χ1) is 49.1. The van der Waals surface area contributed by atoms with Crippen LogP contribution in [-0.4, -0.2) is 440 Å². The topological polar surface area (TPSA) is 720 Å². The number of hydrogen-bond donors (Lipinski definition) is 27. The van der Waals surface area contributed by atoms with Crippen LogP contribution in [0.25, 0.3) is 0 Å². The molecule has 7 aliphatic heterocycles. The fourth-order valence-electron chi connectivity index (χ4n) is 12.9. The Morgan fingerprint density at radius 3 is 1.05 bits per heavy atom. The van der Waals surface area contributed by atoms with Gasteiger partial charge in [-0.15, -0.1) is 0 Å². The van der Waals surface area contributed by atoms with Gasteiger partial charge in [0, 0.05) is 34.6 Å². The van der Waals surface area contributed by atoms with Gasteiger partial charge in [0.15, 0.2) is 44.0 Å². The first kappa shape index (κ1) is 87.1. The van der Waals surface area contributed by atoms with E-state index < -0.39 is 328 Å². The number of rotatable bonds is 31. The van der Waals surface area contributed by atoms with Crippen LogP contribution in [0.1, 0.15) is 34.6 Å². The molecule has 0 spiro atoms. The summed E-state index contributed by atoms with van der Waals surface area (Å²) < 4.78 is 82.0. The maximum atomic E-state index is 12.9. The molecule has 0 aromatic carbocycles. The number of nitrogens with one attached hydrogen (secondary N) is 5. The summed E-state index contributed by atoms with van der Waals surface area (Å²) in [6.07, 6.45) is -68.2. The number of amides is 5. The molecule has 7 saturated heterocycles. The van der Waals surface area contributed by atoms with Crippen LogP contribution in [0.5, 0.6) is 0 Å². The minimum Gasteiger partial charge on any atom is -0.394 e. The van der Waals surface area contributed by atoms with Crippen molar-refractivity contribution < 1.29 is 203 Å². The summed E-state index contributed by atoms with van der Waals surface area (Å²) in [4.78, 5) is 63.4. The van der Waals surface area contributed by atoms with Crippen LogP contribution in [0, 0.1) is 0 Å². The highest BCUT2D eigenvalue weighted by Gasteiger charge is 2.59. The summed E-state index contributed by atoms with van der Waals surface area (Å²) in [6.45, 7) is -4.65. The van der Waals surface area contributed by atoms with Crippen LogP contribution in [0.15, 0.2) is 0 Å². The van der Waals surface area contributed by atoms with Crippen LogP contribution in [-0.2, 0) is 90.3 Å². The SMILES string of the molecule is CC(=O)N[C@H]1[C@H](OC[C@H]2O[C@@H](O[C@@H]([C@@H](O)[C@H](O)CO[C@@H]3O[C@H](CO)[C@@H](O[C@@H]4O[C@H](CO)[C@H](O)[C@H](O)[C@H]4NC(C)=O)[C@H](O)[C@H]3NC(C)=O)[C@H](CO)NC(C)=O)[C@H](O)[C@@H](O[C@@H]3O[C@H](CO)[C@@H](O[C@@H]4O[C@H](CO)[C@H](O)[C@H](O)[C@H]4O)[C@H](O)[C@H]3NC(C)=O)[C@H]2O)O[C@H](CO)[C@@H](O[C@@H]2O[C@H](CO)[C@H](O)[C@H](O)[C@H]2O)[C@@H]1O. The first-order valence-electron chi connectivity index (χ1n) is 33.0. The quantitative estimate of drug-likeness (QED) is 0.0306. The molecule has 0 unspecified atom stereocenters. The lowest BCUT2D eigenvalue weighted by molar-refractivity contribution is -0.376. The Kier molecular flexibility index (Phi) is 32.7. The minimum absolute atomic E-state index is 0.770. The van der Waals surface area contributed by atoms with Gasteiger partial charge >= 0.3 is 0 Å². The zero-order valence-electron chi connectivity index (χ0n) is 56.5. The average molecular weight is 1520 g/mol. The Hall–Kier alpha value is -4.09. The van der Waals surface area contributed by atoms with Crippen molar-refractivity contribution in [1.82, 2.24) is 26.6 Å². The van der Waals surface area contributed by atoms with Crippen molar-refractivity contribution in [2.45, 2.75) is 274 Å². The third-order valence-electron chi connectivity index (χ3n) is 18.3. The Morgan fingerprint density at radius 2 is 0.663 bits per heavy atom. The lowest BCUT2D eigenvalue weighted by Gasteiger charge is -2.50. The van der Waals surface area contributed by atoms with Gasteiger partial charge in [-0.2, -0.15) is 0 Å². The molecule has 0 aliphatic carbocycles. The molecule has 602 valence electrons. The molecule has 0 bridgehead atoms. The van der Waals surface area contributed by atoms with Crippen molar-refractivity contribution in [2.24, 2.45) is 0 Å². The van der Waals surface area contributed by atoms with Gasteiger partial charge in [-0.05, 0) is 0 Å². The number of aliphatic hydroxyl groups is 22. The summed E-state index contributed by atoms with van der Waals surface area (Å²) >= 11 is 0. The molecule has 0 saturated carbocycles. The van der Waals surface area contributed by atoms with Crippen molar-refractivity contribution in [3.63, 3.8) is 0 Å². The van der Waals surface area contributed by atoms with Crippen LogP contribution in [0.4, 0.5) is 0 Å². The van der Waals surface area contributed by atoms with Crippen molar-refractivity contribution in [3.8, 4) is 0 Å². The molecule has 0 aromatic heterocycles. The Bertz CT molecular complexity index is 2710. The van der Waals surface area contributed by atoms with E-state index in [2.05, 4.69) is 26.6 Å². The van der Waals surface area contributed by atoms with Gasteiger partial charge in [-0.25, -0.2) is 0 Å². The normalized spacial score (nSPS) is 44.0. The monoisotopic (exact) mass is 1520 g/mol. The summed E-state index contributed by atoms with van der Waals surface area (Å²) in [7, 11) is 0. The second kappa shape index (κ2) is 39.0. The zero-order valence-corrected chi connectivity index (χ0v) is 56.5. The predicted octanol–water partition coefficient (Wildman–Crippen LogP) is -18.1. The van der Waals surface area contributed by atoms with Gasteiger partial charge in [-0.1, -0.05) is 0 Å². The molecule has 46 nitrogen and oxygen atoms in total. The van der Waals surface area contributed by atoms with Crippen molar-refractivity contribution >= 4 is 29.5 Å². The van der Waals surface area contributed by atoms with Crippen LogP contribution in [0.3, 0.4) is 0 Å². The van der Waals surface area contributed by atoms with Crippen LogP contribution in [0.2, 0.25) is 0 Å². The summed E-state index contributed by atoms with van der Waals surface area (Å²) in [5.74, 6) is -4.44. The first-order valence-corrected chi connectivity index (χ1v) is 33.0. The lowest BCUT2D eigenvalue weighted by Crippen LogP contribution is -2.70. The maximum Gasteiger partial charge on any atom is 0.217 e. The van der Waals surface area contributed by atoms with Gasteiger partial charge < -0.3 is 205 Å². The lowest BCUT2D eigenvalue weighted by atomic mass is 9.94. The fourth-order valence-corrected chi connectivity index (χ4v) is 12.9. The average Bonchev–Trinajstić information content (AvgIpc) is 0.775. The van der Waals surface area contributed by atoms with Gasteiger partial charge in [0.25, 0.3) is 0 Å². The van der Waals surface area contributed by atoms with E-state index in [1.807, 2.05) is 0 Å². The molecule has 0 radical (unpaired) electrons. The largest absolute Gasteiger partial charge is 0.394 e. The molecule has 27 N–H and O–H groups in total. The zero-order chi connectivity index (χ0) is 77.2. The van der Waals surface area contributed by atoms with Crippen LogP contribution >= 0.6 is 0 Å². The molecule has 104 heavy (non-hydrogen) atoms. The molecule has 7 rings (SSSR count). The van der Waals surface area contributed by atoms with Crippen molar-refractivity contribution in [3.05, 3.63) is 0 Å². The molecular weight excluding hydrogens is 1420 g/mol. The van der Waals surface area contributed by atoms with Gasteiger partial charge in [-0.3, -0.25) is 24.0 Å². The van der Waals surface area contributed by atoms with E-state index >= 15 is 0 Å². The van der Waals surface area contributed by atoms with Crippen molar-refractivity contribution in [1.29, 1.82) is 0 Å². The Labute approximate surface area is 590 Å². The van der Waals surface area contributed by atoms with E-state index in [4.69, 9.17) is 66.3 Å². The maximum absolute atomic E-state index is 12.9. The number of aliphatic hydroxyl groups excluding tert-OH is 22. The summed E-state index contributed by atoms with van der Waals surface area (Å²) in [6, 6.07) is -9.02. The third-order valence-corrected chi connectivity index (χ3v) is 18.3. The third kappa shape index (κ3) is 20.5. The highest BCUT2D eigenvalue weighted by atomic mass is 16.8. The minimum atomic E-state index is -2.52. The molecule has 0 aromatic rings. The van der Waals surface area contributed by atoms with E-state index in [-0.39, 0.29) is 0 Å². The second-order valence-corrected chi connectivity index (χ2v) is 25.9. The van der Waals surface area contributed by atoms with E-state index in [1.54, 1.807) is 0 Å². The number of hydrogen-bond acceptors (Lipinski definition) is 41. The van der Waals surface area contributed by atoms with Crippen LogP contribution < -0.4 is 26.6 Å². The summed E-state index contributed by atoms with van der Waals surface area (Å²) in [5, 5.41) is 253. The Balaban J connectivity index is 1.20. The van der Waals surface area contributed by atoms with E-state index in [0.717, 1.165) is 34.6 Å².